The molecule has 3 aromatic heterocycles. The SMILES string of the molecule is c1ccc(-c2cccc(-c3nc(-c4cccc(-c5ccccc5)c4)nc(-c4cccc5c4sc4c(-c6cccc(-c7ccccc7-c7cccc8c7sc7c(-c9cccc(-c%10ccc%11c%12ccccc%12c%12ccccc%12c%11c%10)c9)cccc78)c6)cccc45)n3)c2)cc1. The number of hydrogen-bond donors (Lipinski definition) is 0. The molecule has 0 N–H and O–H groups in total. The minimum atomic E-state index is 0.624. The van der Waals surface area contributed by atoms with E-state index < -0.39 is 0 Å². The molecule has 0 saturated carbocycles. The number of rotatable bonds is 10. The molecule has 0 spiro atoms. The van der Waals surface area contributed by atoms with E-state index in [0.29, 0.717) is 17.5 Å². The Balaban J connectivity index is 0.715. The maximum atomic E-state index is 5.36. The van der Waals surface area contributed by atoms with E-state index in [1.807, 2.05) is 22.7 Å². The van der Waals surface area contributed by atoms with Crippen molar-refractivity contribution < 1.29 is 0 Å². The van der Waals surface area contributed by atoms with Gasteiger partial charge in [-0.15, -0.1) is 22.7 Å². The predicted molar refractivity (Wildman–Crippen MR) is 392 cm³/mol. The zero-order valence-corrected chi connectivity index (χ0v) is 51.4. The number of fused-ring (bicyclic) bond motifs is 12. The molecule has 3 nitrogen and oxygen atoms in total. The molecule has 5 heteroatoms. The molecule has 0 unspecified atom stereocenters. The average molecular weight is 1200 g/mol. The van der Waals surface area contributed by atoms with Gasteiger partial charge in [0.05, 0.1) is 0 Å². The molecule has 15 aromatic carbocycles. The first-order chi connectivity index (χ1) is 45.6. The predicted octanol–water partition coefficient (Wildman–Crippen LogP) is 24.7. The Morgan fingerprint density at radius 2 is 0.446 bits per heavy atom. The Hall–Kier alpha value is -11.5. The lowest BCUT2D eigenvalue weighted by atomic mass is 9.91. The van der Waals surface area contributed by atoms with Crippen molar-refractivity contribution in [1.82, 2.24) is 15.0 Å². The van der Waals surface area contributed by atoms with Gasteiger partial charge in [0.1, 0.15) is 0 Å². The summed E-state index contributed by atoms with van der Waals surface area (Å²) < 4.78 is 4.93. The van der Waals surface area contributed by atoms with Gasteiger partial charge in [0.15, 0.2) is 17.5 Å². The molecular formula is C87H53N3S2. The largest absolute Gasteiger partial charge is 0.208 e. The van der Waals surface area contributed by atoms with Gasteiger partial charge in [-0.05, 0) is 141 Å². The summed E-state index contributed by atoms with van der Waals surface area (Å²) in [6.45, 7) is 0. The van der Waals surface area contributed by atoms with Crippen LogP contribution in [0.15, 0.2) is 322 Å². The van der Waals surface area contributed by atoms with Gasteiger partial charge in [0, 0.05) is 62.6 Å². The summed E-state index contributed by atoms with van der Waals surface area (Å²) in [7, 11) is 0. The van der Waals surface area contributed by atoms with E-state index in [9.17, 15) is 0 Å². The Labute approximate surface area is 540 Å². The maximum absolute atomic E-state index is 5.36. The van der Waals surface area contributed by atoms with Gasteiger partial charge in [-0.3, -0.25) is 0 Å². The number of aromatic nitrogens is 3. The van der Waals surface area contributed by atoms with E-state index in [1.54, 1.807) is 0 Å². The molecule has 3 heterocycles. The standard InChI is InChI=1S/C87H53N3S2/c1-3-21-54(22-4-1)56-25-14-31-63(50-56)85-88-86(64-32-15-26-57(51-64)55-23-5-2-6-24-55)90-87(89-85)79-46-20-45-78-76-43-18-40-67(82(76)92-84(78)79)62-30-16-28-60(52-62)65-33-7-8-34-68(65)74-41-19-44-77-75-42-17-39-66(81(75)91-83(74)77)61-29-13-27-58(49-61)59-47-48-73-71-37-10-9-35-69(71)70-36-11-12-38-72(70)80(73)53-59/h1-53H. The van der Waals surface area contributed by atoms with Crippen LogP contribution in [0.2, 0.25) is 0 Å². The number of nitrogens with zero attached hydrogens (tertiary/aromatic N) is 3. The number of benzene rings is 15. The zero-order valence-electron chi connectivity index (χ0n) is 49.8. The number of hydrogen-bond acceptors (Lipinski definition) is 5. The normalized spacial score (nSPS) is 11.7. The summed E-state index contributed by atoms with van der Waals surface area (Å²) >= 11 is 3.72. The van der Waals surface area contributed by atoms with Crippen LogP contribution in [0.4, 0.5) is 0 Å². The van der Waals surface area contributed by atoms with Crippen molar-refractivity contribution in [2.45, 2.75) is 0 Å². The molecule has 0 atom stereocenters. The van der Waals surface area contributed by atoms with Gasteiger partial charge in [0.2, 0.25) is 0 Å². The average Bonchev–Trinajstić information content (AvgIpc) is 1.35. The molecule has 0 bridgehead atoms. The van der Waals surface area contributed by atoms with Crippen molar-refractivity contribution in [3.05, 3.63) is 322 Å². The Morgan fingerprint density at radius 3 is 0.967 bits per heavy atom. The van der Waals surface area contributed by atoms with Crippen molar-refractivity contribution in [2.24, 2.45) is 0 Å². The minimum absolute atomic E-state index is 0.624. The first-order valence-corrected chi connectivity index (χ1v) is 32.8. The summed E-state index contributed by atoms with van der Waals surface area (Å²) in [5, 5.41) is 12.6. The van der Waals surface area contributed by atoms with Crippen LogP contribution in [0.1, 0.15) is 0 Å². The summed E-state index contributed by atoms with van der Waals surface area (Å²) in [6, 6.07) is 117. The lowest BCUT2D eigenvalue weighted by Gasteiger charge is -2.13. The molecule has 18 rings (SSSR count). The number of thiophene rings is 2. The molecule has 92 heavy (non-hydrogen) atoms. The van der Waals surface area contributed by atoms with E-state index >= 15 is 0 Å². The molecule has 18 aromatic rings. The Kier molecular flexibility index (Phi) is 12.9. The van der Waals surface area contributed by atoms with Crippen molar-refractivity contribution in [2.75, 3.05) is 0 Å². The maximum Gasteiger partial charge on any atom is 0.165 e. The van der Waals surface area contributed by atoms with Crippen molar-refractivity contribution in [3.63, 3.8) is 0 Å². The monoisotopic (exact) mass is 1200 g/mol. The molecule has 0 aliphatic carbocycles. The Morgan fingerprint density at radius 1 is 0.152 bits per heavy atom. The highest BCUT2D eigenvalue weighted by Gasteiger charge is 2.22. The summed E-state index contributed by atoms with van der Waals surface area (Å²) in [6.07, 6.45) is 0. The van der Waals surface area contributed by atoms with E-state index in [-0.39, 0.29) is 0 Å². The fourth-order valence-corrected chi connectivity index (χ4v) is 16.7. The molecule has 0 amide bonds. The van der Waals surface area contributed by atoms with Gasteiger partial charge < -0.3 is 0 Å². The van der Waals surface area contributed by atoms with Gasteiger partial charge in [-0.25, -0.2) is 15.0 Å². The molecule has 0 radical (unpaired) electrons. The quantitative estimate of drug-likeness (QED) is 0.128. The Bertz CT molecular complexity index is 5830. The molecular weight excluding hydrogens is 1150 g/mol. The fraction of sp³-hybridized carbons (Fsp3) is 0. The van der Waals surface area contributed by atoms with Crippen molar-refractivity contribution in [3.8, 4) is 112 Å². The van der Waals surface area contributed by atoms with Crippen LogP contribution in [-0.2, 0) is 0 Å². The first kappa shape index (κ1) is 53.5. The van der Waals surface area contributed by atoms with E-state index in [4.69, 9.17) is 15.0 Å². The smallest absolute Gasteiger partial charge is 0.165 e. The second-order valence-corrected chi connectivity index (χ2v) is 25.7. The highest BCUT2D eigenvalue weighted by Crippen LogP contribution is 2.49. The van der Waals surface area contributed by atoms with E-state index in [0.717, 1.165) is 49.2 Å². The van der Waals surface area contributed by atoms with Crippen LogP contribution in [-0.4, -0.2) is 15.0 Å². The summed E-state index contributed by atoms with van der Waals surface area (Å²) in [5.74, 6) is 1.88. The highest BCUT2D eigenvalue weighted by molar-refractivity contribution is 7.27. The second-order valence-electron chi connectivity index (χ2n) is 23.7. The van der Waals surface area contributed by atoms with Crippen LogP contribution < -0.4 is 0 Å². The first-order valence-electron chi connectivity index (χ1n) is 31.2. The van der Waals surface area contributed by atoms with Crippen LogP contribution in [0.25, 0.3) is 185 Å². The zero-order chi connectivity index (χ0) is 60.6. The lowest BCUT2D eigenvalue weighted by molar-refractivity contribution is 1.08. The molecule has 0 saturated heterocycles. The topological polar surface area (TPSA) is 38.7 Å². The summed E-state index contributed by atoms with van der Waals surface area (Å²) in [5.41, 5.74) is 19.3. The van der Waals surface area contributed by atoms with Crippen LogP contribution in [0.3, 0.4) is 0 Å². The van der Waals surface area contributed by atoms with Gasteiger partial charge in [-0.1, -0.05) is 285 Å². The third-order valence-corrected chi connectivity index (χ3v) is 20.9. The second kappa shape index (κ2) is 22.2. The van der Waals surface area contributed by atoms with Gasteiger partial charge in [0.25, 0.3) is 0 Å². The fourth-order valence-electron chi connectivity index (χ4n) is 14.0. The third-order valence-electron chi connectivity index (χ3n) is 18.3. The molecule has 0 aliphatic rings. The highest BCUT2D eigenvalue weighted by atomic mass is 32.1. The van der Waals surface area contributed by atoms with Gasteiger partial charge in [-0.2, -0.15) is 0 Å². The van der Waals surface area contributed by atoms with E-state index in [2.05, 4.69) is 322 Å². The van der Waals surface area contributed by atoms with Crippen LogP contribution in [0.5, 0.6) is 0 Å². The summed E-state index contributed by atoms with van der Waals surface area (Å²) in [4.78, 5) is 16.0. The lowest BCUT2D eigenvalue weighted by Crippen LogP contribution is -2.00. The minimum Gasteiger partial charge on any atom is -0.208 e. The van der Waals surface area contributed by atoms with Crippen molar-refractivity contribution in [1.29, 1.82) is 0 Å². The molecule has 0 aliphatic heterocycles. The molecule has 428 valence electrons. The van der Waals surface area contributed by atoms with Crippen LogP contribution in [0, 0.1) is 0 Å². The van der Waals surface area contributed by atoms with Gasteiger partial charge >= 0.3 is 0 Å². The third kappa shape index (κ3) is 9.20. The van der Waals surface area contributed by atoms with Crippen LogP contribution >= 0.6 is 22.7 Å². The molecule has 0 fully saturated rings. The van der Waals surface area contributed by atoms with Crippen molar-refractivity contribution >= 4 is 95.3 Å². The van der Waals surface area contributed by atoms with E-state index in [1.165, 1.54) is 118 Å².